The zero-order valence-electron chi connectivity index (χ0n) is 10.4. The minimum atomic E-state index is -4.31. The largest absolute Gasteiger partial charge is 0.496 e. The van der Waals surface area contributed by atoms with Crippen LogP contribution in [0.25, 0.3) is 10.8 Å². The highest BCUT2D eigenvalue weighted by Gasteiger charge is 2.49. The normalized spacial score (nSPS) is 13.8. The predicted octanol–water partition coefficient (Wildman–Crippen LogP) is 5.03. The van der Waals surface area contributed by atoms with Gasteiger partial charge in [0.25, 0.3) is 0 Å². The number of halogens is 5. The van der Waals surface area contributed by atoms with Crippen molar-refractivity contribution in [3.8, 4) is 5.75 Å². The van der Waals surface area contributed by atoms with Crippen molar-refractivity contribution in [2.75, 3.05) is 7.11 Å². The van der Waals surface area contributed by atoms with E-state index in [0.717, 1.165) is 0 Å². The maximum Gasteiger partial charge on any atom is 0.327 e. The summed E-state index contributed by atoms with van der Waals surface area (Å²) in [5, 5.41) is -1.20. The van der Waals surface area contributed by atoms with Gasteiger partial charge in [-0.25, -0.2) is 8.78 Å². The topological polar surface area (TPSA) is 9.23 Å². The van der Waals surface area contributed by atoms with Gasteiger partial charge in [0.2, 0.25) is 0 Å². The number of alkyl halides is 5. The van der Waals surface area contributed by atoms with Crippen LogP contribution in [0.1, 0.15) is 10.9 Å². The second-order valence-electron chi connectivity index (χ2n) is 4.24. The summed E-state index contributed by atoms with van der Waals surface area (Å²) in [7, 11) is 1.44. The minimum absolute atomic E-state index is 0.0478. The van der Waals surface area contributed by atoms with Crippen LogP contribution in [-0.2, 0) is 0 Å². The van der Waals surface area contributed by atoms with Crippen LogP contribution in [0.4, 0.5) is 17.6 Å². The molecule has 0 saturated heterocycles. The first-order valence-electron chi connectivity index (χ1n) is 5.75. The van der Waals surface area contributed by atoms with E-state index in [1.165, 1.54) is 19.2 Å². The summed E-state index contributed by atoms with van der Waals surface area (Å²) in [4.78, 5) is 0. The van der Waals surface area contributed by atoms with Crippen molar-refractivity contribution in [3.63, 3.8) is 0 Å². The summed E-state index contributed by atoms with van der Waals surface area (Å²) in [6.07, 6.45) is -3.83. The van der Waals surface area contributed by atoms with Gasteiger partial charge in [-0.05, 0) is 17.0 Å². The molecule has 0 spiro atoms. The Bertz CT molecular complexity index is 615. The lowest BCUT2D eigenvalue weighted by Crippen LogP contribution is -2.31. The number of hydrogen-bond donors (Lipinski definition) is 0. The molecule has 2 aromatic rings. The summed E-state index contributed by atoms with van der Waals surface area (Å²) in [6.45, 7) is 0. The molecule has 0 aromatic heterocycles. The fourth-order valence-corrected chi connectivity index (χ4v) is 2.30. The molecule has 0 heterocycles. The highest BCUT2D eigenvalue weighted by atomic mass is 35.5. The average Bonchev–Trinajstić information content (AvgIpc) is 2.45. The van der Waals surface area contributed by atoms with Gasteiger partial charge in [0.1, 0.15) is 11.1 Å². The molecule has 108 valence electrons. The third kappa shape index (κ3) is 2.42. The molecule has 6 heteroatoms. The van der Waals surface area contributed by atoms with Gasteiger partial charge >= 0.3 is 12.3 Å². The van der Waals surface area contributed by atoms with Crippen molar-refractivity contribution < 1.29 is 22.3 Å². The summed E-state index contributed by atoms with van der Waals surface area (Å²) >= 11 is 5.60. The van der Waals surface area contributed by atoms with Gasteiger partial charge in [-0.1, -0.05) is 30.3 Å². The number of ether oxygens (including phenoxy) is 1. The van der Waals surface area contributed by atoms with Gasteiger partial charge in [0.15, 0.2) is 0 Å². The van der Waals surface area contributed by atoms with Crippen LogP contribution >= 0.6 is 11.6 Å². The Kier molecular flexibility index (Phi) is 4.09. The first-order valence-corrected chi connectivity index (χ1v) is 6.19. The van der Waals surface area contributed by atoms with E-state index in [1.54, 1.807) is 24.3 Å². The van der Waals surface area contributed by atoms with E-state index in [0.29, 0.717) is 16.5 Å². The standard InChI is InChI=1S/C14H11ClF4O/c1-20-11-7-6-10(8-4-2-3-5-9(8)11)12(15)14(18,19)13(16)17/h2-7,12-13H,1H3. The van der Waals surface area contributed by atoms with Crippen molar-refractivity contribution >= 4 is 22.4 Å². The lowest BCUT2D eigenvalue weighted by atomic mass is 9.98. The van der Waals surface area contributed by atoms with Crippen LogP contribution < -0.4 is 4.74 Å². The zero-order valence-corrected chi connectivity index (χ0v) is 11.2. The zero-order chi connectivity index (χ0) is 14.9. The van der Waals surface area contributed by atoms with Crippen LogP contribution in [0.5, 0.6) is 5.75 Å². The highest BCUT2D eigenvalue weighted by molar-refractivity contribution is 6.22. The number of hydrogen-bond acceptors (Lipinski definition) is 1. The molecule has 1 unspecified atom stereocenters. The first kappa shape index (κ1) is 14.9. The summed E-state index contributed by atoms with van der Waals surface area (Å²) in [6, 6.07) is 9.24. The molecule has 2 rings (SSSR count). The number of fused-ring (bicyclic) bond motifs is 1. The molecule has 1 nitrogen and oxygen atoms in total. The molecule has 0 bridgehead atoms. The highest BCUT2D eigenvalue weighted by Crippen LogP contribution is 2.44. The van der Waals surface area contributed by atoms with E-state index in [1.807, 2.05) is 0 Å². The Morgan fingerprint density at radius 2 is 1.65 bits per heavy atom. The van der Waals surface area contributed by atoms with E-state index in [2.05, 4.69) is 0 Å². The van der Waals surface area contributed by atoms with Gasteiger partial charge in [0.05, 0.1) is 7.11 Å². The third-order valence-corrected chi connectivity index (χ3v) is 3.57. The van der Waals surface area contributed by atoms with Gasteiger partial charge < -0.3 is 4.74 Å². The molecule has 0 aliphatic rings. The number of rotatable bonds is 4. The van der Waals surface area contributed by atoms with E-state index < -0.39 is 17.7 Å². The molecular formula is C14H11ClF4O. The molecule has 0 aliphatic heterocycles. The van der Waals surface area contributed by atoms with Crippen molar-refractivity contribution in [2.24, 2.45) is 0 Å². The molecule has 0 fully saturated rings. The van der Waals surface area contributed by atoms with Crippen molar-refractivity contribution in [1.29, 1.82) is 0 Å². The van der Waals surface area contributed by atoms with Gasteiger partial charge in [-0.3, -0.25) is 0 Å². The monoisotopic (exact) mass is 306 g/mol. The molecule has 2 aromatic carbocycles. The SMILES string of the molecule is COc1ccc(C(Cl)C(F)(F)C(F)F)c2ccccc12. The van der Waals surface area contributed by atoms with Crippen LogP contribution in [0.2, 0.25) is 0 Å². The average molecular weight is 307 g/mol. The maximum atomic E-state index is 13.4. The number of methoxy groups -OCH3 is 1. The van der Waals surface area contributed by atoms with Crippen molar-refractivity contribution in [2.45, 2.75) is 17.7 Å². The van der Waals surface area contributed by atoms with E-state index in [-0.39, 0.29) is 5.56 Å². The van der Waals surface area contributed by atoms with Crippen LogP contribution in [0, 0.1) is 0 Å². The smallest absolute Gasteiger partial charge is 0.327 e. The molecule has 0 N–H and O–H groups in total. The molecule has 0 aliphatic carbocycles. The summed E-state index contributed by atoms with van der Waals surface area (Å²) in [5.74, 6) is -3.84. The van der Waals surface area contributed by atoms with E-state index >= 15 is 0 Å². The quantitative estimate of drug-likeness (QED) is 0.569. The van der Waals surface area contributed by atoms with Crippen LogP contribution in [-0.4, -0.2) is 19.5 Å². The second-order valence-corrected chi connectivity index (χ2v) is 4.68. The fraction of sp³-hybridized carbons (Fsp3) is 0.286. The molecule has 0 saturated carbocycles. The Morgan fingerprint density at radius 1 is 1.05 bits per heavy atom. The number of benzene rings is 2. The Balaban J connectivity index is 2.62. The molecular weight excluding hydrogens is 296 g/mol. The summed E-state index contributed by atoms with van der Waals surface area (Å²) in [5.41, 5.74) is -0.0478. The minimum Gasteiger partial charge on any atom is -0.496 e. The second kappa shape index (κ2) is 5.48. The Hall–Kier alpha value is -1.49. The molecule has 20 heavy (non-hydrogen) atoms. The Morgan fingerprint density at radius 3 is 2.20 bits per heavy atom. The maximum absolute atomic E-state index is 13.4. The van der Waals surface area contributed by atoms with E-state index in [4.69, 9.17) is 16.3 Å². The van der Waals surface area contributed by atoms with Crippen molar-refractivity contribution in [1.82, 2.24) is 0 Å². The summed E-state index contributed by atoms with van der Waals surface area (Å²) < 4.78 is 56.8. The Labute approximate surface area is 118 Å². The lowest BCUT2D eigenvalue weighted by Gasteiger charge is -2.23. The van der Waals surface area contributed by atoms with Gasteiger partial charge in [-0.2, -0.15) is 8.78 Å². The van der Waals surface area contributed by atoms with E-state index in [9.17, 15) is 17.6 Å². The van der Waals surface area contributed by atoms with Crippen molar-refractivity contribution in [3.05, 3.63) is 42.0 Å². The van der Waals surface area contributed by atoms with Gasteiger partial charge in [0, 0.05) is 5.39 Å². The van der Waals surface area contributed by atoms with Crippen LogP contribution in [0.3, 0.4) is 0 Å². The first-order chi connectivity index (χ1) is 9.39. The third-order valence-electron chi connectivity index (χ3n) is 3.04. The fourth-order valence-electron chi connectivity index (χ4n) is 2.01. The lowest BCUT2D eigenvalue weighted by molar-refractivity contribution is -0.130. The molecule has 0 radical (unpaired) electrons. The van der Waals surface area contributed by atoms with Gasteiger partial charge in [-0.15, -0.1) is 11.6 Å². The van der Waals surface area contributed by atoms with Crippen LogP contribution in [0.15, 0.2) is 36.4 Å². The predicted molar refractivity (Wildman–Crippen MR) is 70.0 cm³/mol. The molecule has 0 amide bonds. The molecule has 1 atom stereocenters.